The van der Waals surface area contributed by atoms with Crippen LogP contribution in [0.4, 0.5) is 13.2 Å². The summed E-state index contributed by atoms with van der Waals surface area (Å²) < 4.78 is 43.5. The molecule has 0 fully saturated rings. The van der Waals surface area contributed by atoms with Crippen molar-refractivity contribution < 1.29 is 17.9 Å². The molecule has 0 bridgehead atoms. The van der Waals surface area contributed by atoms with Crippen molar-refractivity contribution in [2.45, 2.75) is 6.18 Å². The lowest BCUT2D eigenvalue weighted by atomic mass is 10.2. The van der Waals surface area contributed by atoms with Gasteiger partial charge >= 0.3 is 6.18 Å². The quantitative estimate of drug-likeness (QED) is 0.840. The molecular weight excluding hydrogens is 259 g/mol. The average molecular weight is 267 g/mol. The first-order valence-corrected chi connectivity index (χ1v) is 5.16. The van der Waals surface area contributed by atoms with E-state index in [0.717, 1.165) is 10.9 Å². The molecular formula is C12H8F3N3O. The van der Waals surface area contributed by atoms with Crippen molar-refractivity contribution in [3.8, 4) is 17.5 Å². The van der Waals surface area contributed by atoms with E-state index >= 15 is 0 Å². The van der Waals surface area contributed by atoms with Crippen LogP contribution in [0.25, 0.3) is 5.69 Å². The molecule has 0 aliphatic rings. The number of rotatable bonds is 2. The lowest BCUT2D eigenvalue weighted by Gasteiger charge is -2.07. The third-order valence-corrected chi connectivity index (χ3v) is 2.48. The molecule has 2 rings (SSSR count). The van der Waals surface area contributed by atoms with Crippen molar-refractivity contribution in [2.24, 2.45) is 0 Å². The van der Waals surface area contributed by atoms with Crippen LogP contribution < -0.4 is 4.74 Å². The summed E-state index contributed by atoms with van der Waals surface area (Å²) in [5.74, 6) is 0.429. The second-order valence-electron chi connectivity index (χ2n) is 3.67. The number of benzene rings is 1. The standard InChI is InChI=1S/C12H8F3N3O/c1-19-10-3-2-8(5-16)11(4-10)18-7-9(6-17-18)12(13,14)15/h2-4,6-7H,1H3. The lowest BCUT2D eigenvalue weighted by molar-refractivity contribution is -0.137. The van der Waals surface area contributed by atoms with Crippen LogP contribution in [0.2, 0.25) is 0 Å². The number of nitrogens with zero attached hydrogens (tertiary/aromatic N) is 3. The third-order valence-electron chi connectivity index (χ3n) is 2.48. The Balaban J connectivity index is 2.52. The van der Waals surface area contributed by atoms with Crippen molar-refractivity contribution in [3.05, 3.63) is 41.7 Å². The third kappa shape index (κ3) is 2.52. The normalized spacial score (nSPS) is 11.1. The fourth-order valence-electron chi connectivity index (χ4n) is 1.52. The predicted molar refractivity (Wildman–Crippen MR) is 59.8 cm³/mol. The van der Waals surface area contributed by atoms with Gasteiger partial charge in [0.05, 0.1) is 30.1 Å². The highest BCUT2D eigenvalue weighted by atomic mass is 19.4. The van der Waals surface area contributed by atoms with E-state index in [-0.39, 0.29) is 11.3 Å². The van der Waals surface area contributed by atoms with E-state index in [4.69, 9.17) is 10.00 Å². The van der Waals surface area contributed by atoms with Crippen LogP contribution in [-0.4, -0.2) is 16.9 Å². The van der Waals surface area contributed by atoms with Crippen LogP contribution >= 0.6 is 0 Å². The van der Waals surface area contributed by atoms with Gasteiger partial charge in [-0.15, -0.1) is 0 Å². The van der Waals surface area contributed by atoms with Crippen LogP contribution in [0, 0.1) is 11.3 Å². The molecule has 1 heterocycles. The zero-order valence-electron chi connectivity index (χ0n) is 9.77. The molecule has 0 unspecified atom stereocenters. The number of aromatic nitrogens is 2. The van der Waals surface area contributed by atoms with Crippen molar-refractivity contribution in [1.82, 2.24) is 9.78 Å². The van der Waals surface area contributed by atoms with Crippen molar-refractivity contribution in [1.29, 1.82) is 5.26 Å². The fourth-order valence-corrected chi connectivity index (χ4v) is 1.52. The summed E-state index contributed by atoms with van der Waals surface area (Å²) in [5.41, 5.74) is -0.436. The number of hydrogen-bond donors (Lipinski definition) is 0. The van der Waals surface area contributed by atoms with Gasteiger partial charge in [-0.2, -0.15) is 23.5 Å². The first-order valence-electron chi connectivity index (χ1n) is 5.16. The van der Waals surface area contributed by atoms with E-state index in [1.165, 1.54) is 19.2 Å². The first kappa shape index (κ1) is 13.0. The Labute approximate surface area is 106 Å². The molecule has 0 saturated carbocycles. The van der Waals surface area contributed by atoms with Crippen molar-refractivity contribution in [3.63, 3.8) is 0 Å². The van der Waals surface area contributed by atoms with Gasteiger partial charge in [-0.1, -0.05) is 0 Å². The van der Waals surface area contributed by atoms with Crippen LogP contribution in [-0.2, 0) is 6.18 Å². The molecule has 0 N–H and O–H groups in total. The molecule has 7 heteroatoms. The minimum absolute atomic E-state index is 0.206. The molecule has 1 aromatic carbocycles. The Morgan fingerprint density at radius 2 is 2.11 bits per heavy atom. The van der Waals surface area contributed by atoms with Gasteiger partial charge < -0.3 is 4.74 Å². The van der Waals surface area contributed by atoms with Gasteiger partial charge in [0.25, 0.3) is 0 Å². The second-order valence-corrected chi connectivity index (χ2v) is 3.67. The minimum atomic E-state index is -4.47. The smallest absolute Gasteiger partial charge is 0.419 e. The Morgan fingerprint density at radius 1 is 1.37 bits per heavy atom. The molecule has 4 nitrogen and oxygen atoms in total. The van der Waals surface area contributed by atoms with Gasteiger partial charge in [0.2, 0.25) is 0 Å². The zero-order valence-corrected chi connectivity index (χ0v) is 9.77. The molecule has 0 radical (unpaired) electrons. The minimum Gasteiger partial charge on any atom is -0.497 e. The number of halogens is 3. The number of hydrogen-bond acceptors (Lipinski definition) is 3. The highest BCUT2D eigenvalue weighted by Crippen LogP contribution is 2.30. The van der Waals surface area contributed by atoms with E-state index in [1.807, 2.05) is 6.07 Å². The van der Waals surface area contributed by atoms with Crippen molar-refractivity contribution >= 4 is 0 Å². The molecule has 1 aromatic heterocycles. The Hall–Kier alpha value is -2.49. The predicted octanol–water partition coefficient (Wildman–Crippen LogP) is 2.77. The van der Waals surface area contributed by atoms with E-state index in [1.54, 1.807) is 6.07 Å². The largest absolute Gasteiger partial charge is 0.497 e. The SMILES string of the molecule is COc1ccc(C#N)c(-n2cc(C(F)(F)F)cn2)c1. The zero-order chi connectivity index (χ0) is 14.0. The lowest BCUT2D eigenvalue weighted by Crippen LogP contribution is -2.03. The summed E-state index contributed by atoms with van der Waals surface area (Å²) >= 11 is 0. The monoisotopic (exact) mass is 267 g/mol. The number of alkyl halides is 3. The molecule has 0 atom stereocenters. The molecule has 0 aliphatic carbocycles. The van der Waals surface area contributed by atoms with Gasteiger partial charge in [-0.3, -0.25) is 0 Å². The van der Waals surface area contributed by atoms with Gasteiger partial charge in [-0.05, 0) is 12.1 Å². The summed E-state index contributed by atoms with van der Waals surface area (Å²) in [4.78, 5) is 0. The highest BCUT2D eigenvalue weighted by molar-refractivity contribution is 5.52. The highest BCUT2D eigenvalue weighted by Gasteiger charge is 2.32. The Morgan fingerprint density at radius 3 is 2.63 bits per heavy atom. The van der Waals surface area contributed by atoms with Gasteiger partial charge in [0, 0.05) is 12.3 Å². The second kappa shape index (κ2) is 4.65. The molecule has 2 aromatic rings. The van der Waals surface area contributed by atoms with E-state index < -0.39 is 11.7 Å². The molecule has 0 aliphatic heterocycles. The number of ether oxygens (including phenoxy) is 1. The van der Waals surface area contributed by atoms with E-state index in [9.17, 15) is 13.2 Å². The molecule has 0 spiro atoms. The summed E-state index contributed by atoms with van der Waals surface area (Å²) in [6.07, 6.45) is -2.93. The maximum absolute atomic E-state index is 12.5. The molecule has 98 valence electrons. The van der Waals surface area contributed by atoms with Crippen LogP contribution in [0.1, 0.15) is 11.1 Å². The molecule has 19 heavy (non-hydrogen) atoms. The van der Waals surface area contributed by atoms with Gasteiger partial charge in [-0.25, -0.2) is 4.68 Å². The van der Waals surface area contributed by atoms with Crippen molar-refractivity contribution in [2.75, 3.05) is 7.11 Å². The summed E-state index contributed by atoms with van der Waals surface area (Å²) in [6.45, 7) is 0. The maximum Gasteiger partial charge on any atom is 0.419 e. The summed E-state index contributed by atoms with van der Waals surface area (Å²) in [7, 11) is 1.43. The number of nitriles is 1. The first-order chi connectivity index (χ1) is 8.95. The van der Waals surface area contributed by atoms with E-state index in [2.05, 4.69) is 5.10 Å². The van der Waals surface area contributed by atoms with Crippen LogP contribution in [0.5, 0.6) is 5.75 Å². The summed E-state index contributed by atoms with van der Waals surface area (Å²) in [6, 6.07) is 6.36. The molecule has 0 amide bonds. The average Bonchev–Trinajstić information content (AvgIpc) is 2.87. The summed E-state index contributed by atoms with van der Waals surface area (Å²) in [5, 5.41) is 12.6. The fraction of sp³-hybridized carbons (Fsp3) is 0.167. The van der Waals surface area contributed by atoms with Crippen LogP contribution in [0.3, 0.4) is 0 Å². The van der Waals surface area contributed by atoms with Gasteiger partial charge in [0.15, 0.2) is 0 Å². The Bertz CT molecular complexity index is 640. The number of methoxy groups -OCH3 is 1. The topological polar surface area (TPSA) is 50.8 Å². The Kier molecular flexibility index (Phi) is 3.17. The van der Waals surface area contributed by atoms with Gasteiger partial charge in [0.1, 0.15) is 11.8 Å². The molecule has 0 saturated heterocycles. The van der Waals surface area contributed by atoms with Crippen LogP contribution in [0.15, 0.2) is 30.6 Å². The maximum atomic E-state index is 12.5. The van der Waals surface area contributed by atoms with E-state index in [0.29, 0.717) is 11.9 Å².